The second kappa shape index (κ2) is 9.49. The third-order valence-corrected chi connectivity index (χ3v) is 6.27. The Hall–Kier alpha value is -2.90. The van der Waals surface area contributed by atoms with Gasteiger partial charge < -0.3 is 20.7 Å². The van der Waals surface area contributed by atoms with E-state index in [1.54, 1.807) is 13.1 Å². The van der Waals surface area contributed by atoms with Gasteiger partial charge in [-0.05, 0) is 60.4 Å². The Kier molecular flexibility index (Phi) is 6.53. The first kappa shape index (κ1) is 21.3. The molecule has 0 bridgehead atoms. The summed E-state index contributed by atoms with van der Waals surface area (Å²) in [6.07, 6.45) is 1.83. The molecule has 0 saturated carbocycles. The van der Waals surface area contributed by atoms with Gasteiger partial charge >= 0.3 is 0 Å². The summed E-state index contributed by atoms with van der Waals surface area (Å²) in [4.78, 5) is 28.0. The van der Waals surface area contributed by atoms with Gasteiger partial charge in [-0.1, -0.05) is 6.07 Å². The Labute approximate surface area is 183 Å². The Morgan fingerprint density at radius 3 is 2.45 bits per heavy atom. The summed E-state index contributed by atoms with van der Waals surface area (Å²) in [5.74, 6) is -0.444. The molecule has 2 aliphatic heterocycles. The van der Waals surface area contributed by atoms with Crippen LogP contribution in [-0.4, -0.2) is 63.1 Å². The van der Waals surface area contributed by atoms with Crippen molar-refractivity contribution >= 4 is 17.5 Å². The lowest BCUT2D eigenvalue weighted by Crippen LogP contribution is -2.47. The first-order chi connectivity index (χ1) is 15.0. The number of nitrogens with one attached hydrogen (secondary N) is 1. The van der Waals surface area contributed by atoms with Crippen molar-refractivity contribution in [3.05, 3.63) is 64.7 Å². The third-order valence-electron chi connectivity index (χ3n) is 6.27. The molecule has 1 unspecified atom stereocenters. The van der Waals surface area contributed by atoms with E-state index in [4.69, 9.17) is 10.5 Å². The zero-order valence-electron chi connectivity index (χ0n) is 18.0. The Morgan fingerprint density at radius 2 is 1.77 bits per heavy atom. The largest absolute Gasteiger partial charge is 0.373 e. The van der Waals surface area contributed by atoms with E-state index in [1.165, 1.54) is 11.1 Å². The molecular weight excluding hydrogens is 392 g/mol. The molecule has 1 fully saturated rings. The quantitative estimate of drug-likeness (QED) is 0.743. The van der Waals surface area contributed by atoms with Gasteiger partial charge in [-0.25, -0.2) is 0 Å². The van der Waals surface area contributed by atoms with E-state index < -0.39 is 0 Å². The van der Waals surface area contributed by atoms with Crippen molar-refractivity contribution < 1.29 is 14.3 Å². The fourth-order valence-electron chi connectivity index (χ4n) is 4.43. The van der Waals surface area contributed by atoms with E-state index in [-0.39, 0.29) is 17.9 Å². The highest BCUT2D eigenvalue weighted by atomic mass is 16.5. The molecular formula is C24H30N4O3. The molecule has 0 aliphatic carbocycles. The summed E-state index contributed by atoms with van der Waals surface area (Å²) in [6, 6.07) is 13.5. The molecule has 2 aromatic rings. The van der Waals surface area contributed by atoms with E-state index >= 15 is 0 Å². The molecule has 3 N–H and O–H groups in total. The highest BCUT2D eigenvalue weighted by Gasteiger charge is 2.24. The summed E-state index contributed by atoms with van der Waals surface area (Å²) in [7, 11) is 1.64. The van der Waals surface area contributed by atoms with Gasteiger partial charge in [-0.3, -0.25) is 14.5 Å². The summed E-state index contributed by atoms with van der Waals surface area (Å²) in [6.45, 7) is 5.58. The van der Waals surface area contributed by atoms with Crippen molar-refractivity contribution in [1.82, 2.24) is 10.2 Å². The van der Waals surface area contributed by atoms with Gasteiger partial charge in [0.25, 0.3) is 5.91 Å². The van der Waals surface area contributed by atoms with Gasteiger partial charge in [0, 0.05) is 56.6 Å². The molecule has 31 heavy (non-hydrogen) atoms. The molecule has 1 saturated heterocycles. The molecule has 7 heteroatoms. The minimum absolute atomic E-state index is 0.0614. The van der Waals surface area contributed by atoms with E-state index in [0.717, 1.165) is 51.3 Å². The van der Waals surface area contributed by atoms with Gasteiger partial charge in [0.2, 0.25) is 5.91 Å². The number of piperazine rings is 1. The van der Waals surface area contributed by atoms with Crippen molar-refractivity contribution in [2.45, 2.75) is 18.9 Å². The van der Waals surface area contributed by atoms with Crippen LogP contribution < -0.4 is 16.0 Å². The summed E-state index contributed by atoms with van der Waals surface area (Å²) < 4.78 is 6.04. The lowest BCUT2D eigenvalue weighted by molar-refractivity contribution is 0.0289. The summed E-state index contributed by atoms with van der Waals surface area (Å²) in [5, 5.41) is 2.65. The van der Waals surface area contributed by atoms with Gasteiger partial charge in [-0.15, -0.1) is 0 Å². The average molecular weight is 423 g/mol. The third kappa shape index (κ3) is 4.89. The number of anilines is 1. The zero-order chi connectivity index (χ0) is 21.8. The number of benzene rings is 2. The molecule has 2 amide bonds. The van der Waals surface area contributed by atoms with E-state index in [0.29, 0.717) is 17.7 Å². The zero-order valence-corrected chi connectivity index (χ0v) is 18.0. The van der Waals surface area contributed by atoms with Crippen LogP contribution in [0, 0.1) is 0 Å². The molecule has 7 nitrogen and oxygen atoms in total. The second-order valence-electron chi connectivity index (χ2n) is 8.13. The minimum atomic E-state index is -0.382. The Bertz CT molecular complexity index is 936. The van der Waals surface area contributed by atoms with Gasteiger partial charge in [0.15, 0.2) is 0 Å². The molecule has 4 rings (SSSR count). The Balaban J connectivity index is 1.29. The molecule has 0 aromatic heterocycles. The maximum Gasteiger partial charge on any atom is 0.251 e. The lowest BCUT2D eigenvalue weighted by atomic mass is 9.93. The molecule has 164 valence electrons. The number of nitrogens with two attached hydrogens (primary N) is 1. The molecule has 2 aliphatic rings. The van der Waals surface area contributed by atoms with E-state index in [1.807, 2.05) is 36.4 Å². The number of primary amides is 1. The second-order valence-corrected chi connectivity index (χ2v) is 8.13. The molecule has 2 aromatic carbocycles. The first-order valence-corrected chi connectivity index (χ1v) is 10.9. The van der Waals surface area contributed by atoms with E-state index in [9.17, 15) is 9.59 Å². The smallest absolute Gasteiger partial charge is 0.251 e. The standard InChI is InChI=1S/C24H30N4O3/c1-26-24(30)17-2-5-20(6-3-17)28-13-11-27(12-14-28)10-8-22-21-7-4-19(23(25)29)16-18(21)9-15-31-22/h2-7,16,22H,8-15H2,1H3,(H2,25,29)(H,26,30). The number of hydrogen-bond donors (Lipinski definition) is 2. The minimum Gasteiger partial charge on any atom is -0.373 e. The van der Waals surface area contributed by atoms with Crippen molar-refractivity contribution in [1.29, 1.82) is 0 Å². The van der Waals surface area contributed by atoms with Crippen LogP contribution in [0.2, 0.25) is 0 Å². The van der Waals surface area contributed by atoms with Crippen LogP contribution in [0.4, 0.5) is 5.69 Å². The maximum atomic E-state index is 11.7. The number of hydrogen-bond acceptors (Lipinski definition) is 5. The topological polar surface area (TPSA) is 87.9 Å². The SMILES string of the molecule is CNC(=O)c1ccc(N2CCN(CCC3OCCc4cc(C(N)=O)ccc43)CC2)cc1. The predicted molar refractivity (Wildman–Crippen MR) is 120 cm³/mol. The molecule has 2 heterocycles. The summed E-state index contributed by atoms with van der Waals surface area (Å²) in [5.41, 5.74) is 10.2. The lowest BCUT2D eigenvalue weighted by Gasteiger charge is -2.37. The van der Waals surface area contributed by atoms with Crippen molar-refractivity contribution in [2.24, 2.45) is 5.73 Å². The average Bonchev–Trinajstić information content (AvgIpc) is 2.82. The van der Waals surface area contributed by atoms with Crippen LogP contribution in [0.1, 0.15) is 44.4 Å². The van der Waals surface area contributed by atoms with Crippen molar-refractivity contribution in [2.75, 3.05) is 51.3 Å². The van der Waals surface area contributed by atoms with Crippen LogP contribution in [0.15, 0.2) is 42.5 Å². The number of carbonyl (C=O) groups excluding carboxylic acids is 2. The molecule has 0 spiro atoms. The predicted octanol–water partition coefficient (Wildman–Crippen LogP) is 1.97. The number of amides is 2. The van der Waals surface area contributed by atoms with Crippen molar-refractivity contribution in [3.63, 3.8) is 0 Å². The van der Waals surface area contributed by atoms with Crippen LogP contribution in [0.3, 0.4) is 0 Å². The van der Waals surface area contributed by atoms with Crippen LogP contribution in [0.25, 0.3) is 0 Å². The van der Waals surface area contributed by atoms with Gasteiger partial charge in [-0.2, -0.15) is 0 Å². The number of rotatable bonds is 6. The monoisotopic (exact) mass is 422 g/mol. The van der Waals surface area contributed by atoms with E-state index in [2.05, 4.69) is 15.1 Å². The highest BCUT2D eigenvalue weighted by molar-refractivity contribution is 5.94. The van der Waals surface area contributed by atoms with Crippen LogP contribution in [0.5, 0.6) is 0 Å². The van der Waals surface area contributed by atoms with Crippen molar-refractivity contribution in [3.8, 4) is 0 Å². The molecule has 1 atom stereocenters. The number of carbonyl (C=O) groups is 2. The van der Waals surface area contributed by atoms with Gasteiger partial charge in [0.1, 0.15) is 0 Å². The maximum absolute atomic E-state index is 11.7. The number of fused-ring (bicyclic) bond motifs is 1. The molecule has 0 radical (unpaired) electrons. The highest BCUT2D eigenvalue weighted by Crippen LogP contribution is 2.30. The van der Waals surface area contributed by atoms with Gasteiger partial charge in [0.05, 0.1) is 12.7 Å². The van der Waals surface area contributed by atoms with Crippen LogP contribution >= 0.6 is 0 Å². The summed E-state index contributed by atoms with van der Waals surface area (Å²) >= 11 is 0. The normalized spacial score (nSPS) is 19.0. The fourth-order valence-corrected chi connectivity index (χ4v) is 4.43. The number of nitrogens with zero attached hydrogens (tertiary/aromatic N) is 2. The fraction of sp³-hybridized carbons (Fsp3) is 0.417. The first-order valence-electron chi connectivity index (χ1n) is 10.9. The number of ether oxygens (including phenoxy) is 1. The Morgan fingerprint density at radius 1 is 1.06 bits per heavy atom. The van der Waals surface area contributed by atoms with Crippen LogP contribution in [-0.2, 0) is 11.2 Å².